The Kier molecular flexibility index (Phi) is 8.23. The first-order chi connectivity index (χ1) is 18.9. The number of carbonyl (C=O) groups excluding carboxylic acids is 1. The Hall–Kier alpha value is -3.37. The molecular weight excluding hydrogens is 530 g/mol. The molecule has 0 saturated carbocycles. The molecule has 0 spiro atoms. The lowest BCUT2D eigenvalue weighted by Crippen LogP contribution is -2.40. The second kappa shape index (κ2) is 11.8. The zero-order valence-electron chi connectivity index (χ0n) is 22.9. The number of hydrogen-bond acceptors (Lipinski definition) is 7. The van der Waals surface area contributed by atoms with Gasteiger partial charge in [0.05, 0.1) is 19.2 Å². The van der Waals surface area contributed by atoms with Crippen LogP contribution in [0.4, 0.5) is 11.4 Å². The Morgan fingerprint density at radius 2 is 1.69 bits per heavy atom. The van der Waals surface area contributed by atoms with Gasteiger partial charge in [-0.05, 0) is 79.0 Å². The SMILES string of the molecule is COc1cc2c(cc1OC)CN(C(=O)c1csc(C3CCN(C(=S)Nc4ccc(N(C)C)cc4)CC3)n1)CC2. The van der Waals surface area contributed by atoms with Crippen LogP contribution in [0.1, 0.15) is 45.4 Å². The molecule has 2 aliphatic heterocycles. The van der Waals surface area contributed by atoms with Gasteiger partial charge in [-0.15, -0.1) is 11.3 Å². The molecule has 0 bridgehead atoms. The number of piperidine rings is 1. The van der Waals surface area contributed by atoms with Crippen molar-refractivity contribution in [3.8, 4) is 11.5 Å². The second-order valence-electron chi connectivity index (χ2n) is 10.2. The summed E-state index contributed by atoms with van der Waals surface area (Å²) in [4.78, 5) is 24.3. The van der Waals surface area contributed by atoms with E-state index in [1.54, 1.807) is 25.6 Å². The fraction of sp³-hybridized carbons (Fsp3) is 0.414. The Morgan fingerprint density at radius 3 is 2.33 bits per heavy atom. The molecular formula is C29H35N5O3S2. The molecule has 206 valence electrons. The fourth-order valence-electron chi connectivity index (χ4n) is 5.17. The number of nitrogens with one attached hydrogen (secondary N) is 1. The molecule has 5 rings (SSSR count). The molecule has 10 heteroatoms. The number of thiazole rings is 1. The number of rotatable bonds is 6. The van der Waals surface area contributed by atoms with E-state index in [4.69, 9.17) is 26.7 Å². The number of amides is 1. The molecule has 3 aromatic rings. The summed E-state index contributed by atoms with van der Waals surface area (Å²) in [6.45, 7) is 2.93. The van der Waals surface area contributed by atoms with E-state index in [2.05, 4.69) is 39.4 Å². The van der Waals surface area contributed by atoms with Gasteiger partial charge in [0.25, 0.3) is 5.91 Å². The van der Waals surface area contributed by atoms with Crippen LogP contribution in [0.5, 0.6) is 11.5 Å². The first-order valence-electron chi connectivity index (χ1n) is 13.2. The van der Waals surface area contributed by atoms with Gasteiger partial charge in [-0.2, -0.15) is 0 Å². The third-order valence-corrected chi connectivity index (χ3v) is 8.88. The number of hydrogen-bond donors (Lipinski definition) is 1. The monoisotopic (exact) mass is 565 g/mol. The average molecular weight is 566 g/mol. The van der Waals surface area contributed by atoms with E-state index in [-0.39, 0.29) is 5.91 Å². The normalized spacial score (nSPS) is 15.5. The molecule has 1 amide bonds. The zero-order valence-corrected chi connectivity index (χ0v) is 24.5. The molecule has 1 N–H and O–H groups in total. The average Bonchev–Trinajstić information content (AvgIpc) is 3.46. The first-order valence-corrected chi connectivity index (χ1v) is 14.5. The maximum atomic E-state index is 13.3. The number of thiocarbonyl (C=S) groups is 1. The van der Waals surface area contributed by atoms with Crippen molar-refractivity contribution >= 4 is 45.9 Å². The van der Waals surface area contributed by atoms with Crippen LogP contribution in [0.3, 0.4) is 0 Å². The van der Waals surface area contributed by atoms with Crippen LogP contribution in [-0.2, 0) is 13.0 Å². The summed E-state index contributed by atoms with van der Waals surface area (Å²) in [5, 5.41) is 7.08. The van der Waals surface area contributed by atoms with E-state index in [9.17, 15) is 4.79 Å². The van der Waals surface area contributed by atoms with Crippen molar-refractivity contribution in [2.24, 2.45) is 0 Å². The summed E-state index contributed by atoms with van der Waals surface area (Å²) < 4.78 is 10.9. The van der Waals surface area contributed by atoms with Crippen LogP contribution in [0, 0.1) is 0 Å². The molecule has 39 heavy (non-hydrogen) atoms. The molecule has 0 unspecified atom stereocenters. The summed E-state index contributed by atoms with van der Waals surface area (Å²) in [5.74, 6) is 1.74. The highest BCUT2D eigenvalue weighted by atomic mass is 32.1. The molecule has 0 aliphatic carbocycles. The van der Waals surface area contributed by atoms with Crippen LogP contribution in [0.15, 0.2) is 41.8 Å². The van der Waals surface area contributed by atoms with Crippen molar-refractivity contribution in [1.29, 1.82) is 0 Å². The number of fused-ring (bicyclic) bond motifs is 1. The number of carbonyl (C=O) groups is 1. The molecule has 3 heterocycles. The predicted molar refractivity (Wildman–Crippen MR) is 161 cm³/mol. The number of methoxy groups -OCH3 is 2. The van der Waals surface area contributed by atoms with Gasteiger partial charge in [-0.1, -0.05) is 0 Å². The Morgan fingerprint density at radius 1 is 1.03 bits per heavy atom. The van der Waals surface area contributed by atoms with Crippen molar-refractivity contribution in [3.05, 3.63) is 63.6 Å². The van der Waals surface area contributed by atoms with E-state index < -0.39 is 0 Å². The maximum Gasteiger partial charge on any atom is 0.273 e. The summed E-state index contributed by atoms with van der Waals surface area (Å²) in [6, 6.07) is 12.3. The van der Waals surface area contributed by atoms with Crippen LogP contribution in [0.2, 0.25) is 0 Å². The van der Waals surface area contributed by atoms with Crippen molar-refractivity contribution in [1.82, 2.24) is 14.8 Å². The van der Waals surface area contributed by atoms with E-state index in [0.29, 0.717) is 30.5 Å². The second-order valence-corrected chi connectivity index (χ2v) is 11.4. The largest absolute Gasteiger partial charge is 0.493 e. The minimum atomic E-state index is -0.0129. The van der Waals surface area contributed by atoms with E-state index in [1.807, 2.05) is 36.5 Å². The van der Waals surface area contributed by atoms with Gasteiger partial charge in [0, 0.05) is 62.9 Å². The lowest BCUT2D eigenvalue weighted by molar-refractivity contribution is 0.0729. The lowest BCUT2D eigenvalue weighted by Gasteiger charge is -2.33. The van der Waals surface area contributed by atoms with Gasteiger partial charge >= 0.3 is 0 Å². The van der Waals surface area contributed by atoms with E-state index in [1.165, 1.54) is 5.56 Å². The summed E-state index contributed by atoms with van der Waals surface area (Å²) in [5.41, 5.74) is 4.97. The van der Waals surface area contributed by atoms with Gasteiger partial charge in [0.2, 0.25) is 0 Å². The smallest absolute Gasteiger partial charge is 0.273 e. The van der Waals surface area contributed by atoms with Gasteiger partial charge in [0.15, 0.2) is 16.6 Å². The number of aromatic nitrogens is 1. The van der Waals surface area contributed by atoms with Crippen molar-refractivity contribution < 1.29 is 14.3 Å². The highest BCUT2D eigenvalue weighted by molar-refractivity contribution is 7.80. The van der Waals surface area contributed by atoms with Crippen LogP contribution >= 0.6 is 23.6 Å². The molecule has 1 saturated heterocycles. The zero-order chi connectivity index (χ0) is 27.5. The maximum absolute atomic E-state index is 13.3. The first kappa shape index (κ1) is 27.2. The van der Waals surface area contributed by atoms with Crippen molar-refractivity contribution in [2.45, 2.75) is 31.7 Å². The minimum Gasteiger partial charge on any atom is -0.493 e. The summed E-state index contributed by atoms with van der Waals surface area (Å²) >= 11 is 7.29. The summed E-state index contributed by atoms with van der Waals surface area (Å²) in [6.07, 6.45) is 2.70. The number of ether oxygens (including phenoxy) is 2. The third-order valence-electron chi connectivity index (χ3n) is 7.51. The van der Waals surface area contributed by atoms with Crippen LogP contribution in [-0.4, -0.2) is 73.8 Å². The minimum absolute atomic E-state index is 0.0129. The highest BCUT2D eigenvalue weighted by Gasteiger charge is 2.28. The lowest BCUT2D eigenvalue weighted by atomic mass is 9.97. The van der Waals surface area contributed by atoms with Gasteiger partial charge < -0.3 is 29.5 Å². The predicted octanol–water partition coefficient (Wildman–Crippen LogP) is 5.00. The molecule has 1 aromatic heterocycles. The molecule has 2 aromatic carbocycles. The fourth-order valence-corrected chi connectivity index (χ4v) is 6.43. The van der Waals surface area contributed by atoms with E-state index in [0.717, 1.165) is 65.2 Å². The van der Waals surface area contributed by atoms with Crippen LogP contribution < -0.4 is 19.7 Å². The van der Waals surface area contributed by atoms with Gasteiger partial charge in [-0.25, -0.2) is 4.98 Å². The van der Waals surface area contributed by atoms with Gasteiger partial charge in [-0.3, -0.25) is 4.79 Å². The highest BCUT2D eigenvalue weighted by Crippen LogP contribution is 2.34. The molecule has 0 radical (unpaired) electrons. The number of benzene rings is 2. The van der Waals surface area contributed by atoms with Crippen molar-refractivity contribution in [3.63, 3.8) is 0 Å². The molecule has 1 fully saturated rings. The van der Waals surface area contributed by atoms with E-state index >= 15 is 0 Å². The standard InChI is InChI=1S/C29H35N5O3S2/c1-32(2)23-7-5-22(6-8-23)30-29(38)33-12-9-19(10-13-33)27-31-24(18-39-27)28(35)34-14-11-20-15-25(36-3)26(37-4)16-21(20)17-34/h5-8,15-16,18-19H,9-14,17H2,1-4H3,(H,30,38). The molecule has 2 aliphatic rings. The molecule has 0 atom stereocenters. The Labute approximate surface area is 239 Å². The quantitative estimate of drug-likeness (QED) is 0.419. The van der Waals surface area contributed by atoms with Crippen LogP contribution in [0.25, 0.3) is 0 Å². The Balaban J connectivity index is 1.16. The Bertz CT molecular complexity index is 1330. The topological polar surface area (TPSA) is 70.2 Å². The third kappa shape index (κ3) is 5.96. The number of nitrogens with zero attached hydrogens (tertiary/aromatic N) is 4. The summed E-state index contributed by atoms with van der Waals surface area (Å²) in [7, 11) is 7.33. The van der Waals surface area contributed by atoms with Crippen molar-refractivity contribution in [2.75, 3.05) is 58.2 Å². The number of anilines is 2. The van der Waals surface area contributed by atoms with Gasteiger partial charge in [0.1, 0.15) is 5.69 Å². The number of likely N-dealkylation sites (tertiary alicyclic amines) is 1. The molecule has 8 nitrogen and oxygen atoms in total.